The van der Waals surface area contributed by atoms with Crippen LogP contribution in [0.3, 0.4) is 0 Å². The molecule has 2 aromatic heterocycles. The molecule has 1 aliphatic heterocycles. The lowest BCUT2D eigenvalue weighted by atomic mass is 10.1. The van der Waals surface area contributed by atoms with Crippen molar-refractivity contribution in [2.45, 2.75) is 31.7 Å². The Hall–Kier alpha value is -2.22. The van der Waals surface area contributed by atoms with Crippen molar-refractivity contribution in [1.82, 2.24) is 24.7 Å². The number of aromatic nitrogens is 5. The van der Waals surface area contributed by atoms with Crippen molar-refractivity contribution in [3.05, 3.63) is 18.5 Å². The molecule has 3 heterocycles. The van der Waals surface area contributed by atoms with E-state index in [1.54, 1.807) is 23.1 Å². The van der Waals surface area contributed by atoms with Gasteiger partial charge in [-0.2, -0.15) is 20.1 Å². The van der Waals surface area contributed by atoms with Gasteiger partial charge in [-0.15, -0.1) is 0 Å². The van der Waals surface area contributed by atoms with Crippen LogP contribution in [-0.4, -0.2) is 49.0 Å². The zero-order valence-corrected chi connectivity index (χ0v) is 11.8. The van der Waals surface area contributed by atoms with Crippen LogP contribution in [0.4, 0.5) is 11.9 Å². The molecule has 3 N–H and O–H groups in total. The highest BCUT2D eigenvalue weighted by Crippen LogP contribution is 2.26. The number of nitrogens with two attached hydrogens (primary N) is 1. The average Bonchev–Trinajstić information content (AvgIpc) is 3.15. The maximum Gasteiger partial charge on any atom is 0.257 e. The third-order valence-electron chi connectivity index (χ3n) is 3.67. The lowest BCUT2D eigenvalue weighted by molar-refractivity contribution is 0.279. The van der Waals surface area contributed by atoms with Crippen molar-refractivity contribution in [2.75, 3.05) is 23.8 Å². The molecule has 8 heteroatoms. The van der Waals surface area contributed by atoms with Crippen LogP contribution in [0.1, 0.15) is 25.7 Å². The van der Waals surface area contributed by atoms with Crippen LogP contribution in [0.5, 0.6) is 0 Å². The molecule has 8 nitrogen and oxygen atoms in total. The first-order valence-corrected chi connectivity index (χ1v) is 7.17. The Morgan fingerprint density at radius 2 is 2.14 bits per heavy atom. The molecule has 1 saturated heterocycles. The van der Waals surface area contributed by atoms with E-state index in [4.69, 9.17) is 10.8 Å². The molecule has 1 atom stereocenters. The quantitative estimate of drug-likeness (QED) is 0.819. The summed E-state index contributed by atoms with van der Waals surface area (Å²) in [5.74, 6) is 1.21. The number of anilines is 2. The maximum atomic E-state index is 9.01. The minimum absolute atomic E-state index is 0.193. The monoisotopic (exact) mass is 289 g/mol. The molecule has 1 unspecified atom stereocenters. The lowest BCUT2D eigenvalue weighted by Gasteiger charge is -2.24. The molecule has 1 aliphatic rings. The minimum Gasteiger partial charge on any atom is -0.396 e. The second-order valence-corrected chi connectivity index (χ2v) is 5.10. The van der Waals surface area contributed by atoms with Gasteiger partial charge in [0.05, 0.1) is 0 Å². The van der Waals surface area contributed by atoms with E-state index in [9.17, 15) is 0 Å². The van der Waals surface area contributed by atoms with Crippen molar-refractivity contribution in [2.24, 2.45) is 0 Å². The van der Waals surface area contributed by atoms with Gasteiger partial charge in [-0.3, -0.25) is 0 Å². The largest absolute Gasteiger partial charge is 0.396 e. The molecule has 0 aromatic carbocycles. The Morgan fingerprint density at radius 3 is 2.90 bits per heavy atom. The van der Waals surface area contributed by atoms with Crippen LogP contribution in [0.2, 0.25) is 0 Å². The van der Waals surface area contributed by atoms with E-state index in [1.165, 1.54) is 0 Å². The van der Waals surface area contributed by atoms with Crippen molar-refractivity contribution in [3.63, 3.8) is 0 Å². The summed E-state index contributed by atoms with van der Waals surface area (Å²) in [5.41, 5.74) is 5.81. The molecule has 2 aromatic rings. The predicted octanol–water partition coefficient (Wildman–Crippen LogP) is 0.381. The lowest BCUT2D eigenvalue weighted by Crippen LogP contribution is -2.31. The molecule has 0 saturated carbocycles. The number of hydrogen-bond acceptors (Lipinski definition) is 7. The van der Waals surface area contributed by atoms with Crippen LogP contribution in [0.25, 0.3) is 5.95 Å². The number of aliphatic hydroxyl groups excluding tert-OH is 1. The van der Waals surface area contributed by atoms with E-state index in [0.29, 0.717) is 17.9 Å². The molecule has 0 amide bonds. The molecule has 3 rings (SSSR count). The summed E-state index contributed by atoms with van der Waals surface area (Å²) in [6.45, 7) is 1.11. The second kappa shape index (κ2) is 6.04. The van der Waals surface area contributed by atoms with E-state index in [1.807, 2.05) is 0 Å². The predicted molar refractivity (Wildman–Crippen MR) is 78.0 cm³/mol. The van der Waals surface area contributed by atoms with E-state index in [-0.39, 0.29) is 12.6 Å². The average molecular weight is 289 g/mol. The van der Waals surface area contributed by atoms with E-state index in [2.05, 4.69) is 25.0 Å². The Morgan fingerprint density at radius 1 is 1.29 bits per heavy atom. The Labute approximate surface area is 122 Å². The Balaban J connectivity index is 1.87. The Bertz CT molecular complexity index is 586. The van der Waals surface area contributed by atoms with Gasteiger partial charge < -0.3 is 15.7 Å². The number of rotatable bonds is 5. The van der Waals surface area contributed by atoms with Crippen LogP contribution >= 0.6 is 0 Å². The summed E-state index contributed by atoms with van der Waals surface area (Å²) in [6.07, 6.45) is 7.33. The van der Waals surface area contributed by atoms with Gasteiger partial charge in [-0.25, -0.2) is 4.68 Å². The summed E-state index contributed by atoms with van der Waals surface area (Å²) in [4.78, 5) is 15.0. The first-order valence-electron chi connectivity index (χ1n) is 7.17. The van der Waals surface area contributed by atoms with Crippen LogP contribution in [0, 0.1) is 0 Å². The fraction of sp³-hybridized carbons (Fsp3) is 0.538. The maximum absolute atomic E-state index is 9.01. The molecule has 0 aliphatic carbocycles. The van der Waals surface area contributed by atoms with Gasteiger partial charge in [0, 0.05) is 31.6 Å². The minimum atomic E-state index is 0.193. The highest BCUT2D eigenvalue weighted by Gasteiger charge is 2.27. The summed E-state index contributed by atoms with van der Waals surface area (Å²) < 4.78 is 1.57. The molecule has 21 heavy (non-hydrogen) atoms. The third-order valence-corrected chi connectivity index (χ3v) is 3.67. The van der Waals surface area contributed by atoms with Gasteiger partial charge in [-0.1, -0.05) is 0 Å². The van der Waals surface area contributed by atoms with Crippen molar-refractivity contribution in [3.8, 4) is 5.95 Å². The molecular weight excluding hydrogens is 270 g/mol. The van der Waals surface area contributed by atoms with Crippen molar-refractivity contribution in [1.29, 1.82) is 0 Å². The topological polar surface area (TPSA) is 106 Å². The zero-order valence-electron chi connectivity index (χ0n) is 11.8. The highest BCUT2D eigenvalue weighted by atomic mass is 16.2. The van der Waals surface area contributed by atoms with E-state index < -0.39 is 0 Å². The highest BCUT2D eigenvalue weighted by molar-refractivity contribution is 5.39. The zero-order chi connectivity index (χ0) is 14.7. The summed E-state index contributed by atoms with van der Waals surface area (Å²) >= 11 is 0. The molecule has 1 fully saturated rings. The molecule has 0 radical (unpaired) electrons. The van der Waals surface area contributed by atoms with Gasteiger partial charge >= 0.3 is 0 Å². The smallest absolute Gasteiger partial charge is 0.257 e. The van der Waals surface area contributed by atoms with Gasteiger partial charge in [-0.05, 0) is 31.7 Å². The molecular formula is C13H19N7O. The first kappa shape index (κ1) is 13.7. The molecule has 0 spiro atoms. The third kappa shape index (κ3) is 2.94. The van der Waals surface area contributed by atoms with Gasteiger partial charge in [0.1, 0.15) is 0 Å². The van der Waals surface area contributed by atoms with Crippen molar-refractivity contribution >= 4 is 11.9 Å². The SMILES string of the molecule is Nc1nc(N2CCCC2CCCO)nc(-n2cccn2)n1. The second-order valence-electron chi connectivity index (χ2n) is 5.10. The van der Waals surface area contributed by atoms with Crippen LogP contribution in [0.15, 0.2) is 18.5 Å². The van der Waals surface area contributed by atoms with Gasteiger partial charge in [0.2, 0.25) is 11.9 Å². The fourth-order valence-electron chi connectivity index (χ4n) is 2.71. The normalized spacial score (nSPS) is 18.3. The molecule has 0 bridgehead atoms. The summed E-state index contributed by atoms with van der Waals surface area (Å²) in [7, 11) is 0. The fourth-order valence-corrected chi connectivity index (χ4v) is 2.71. The number of nitrogen functional groups attached to an aromatic ring is 1. The Kier molecular flexibility index (Phi) is 3.96. The summed E-state index contributed by atoms with van der Waals surface area (Å²) in [5, 5.41) is 13.1. The van der Waals surface area contributed by atoms with Gasteiger partial charge in [0.25, 0.3) is 5.95 Å². The number of hydrogen-bond donors (Lipinski definition) is 2. The van der Waals surface area contributed by atoms with Crippen molar-refractivity contribution < 1.29 is 5.11 Å². The van der Waals surface area contributed by atoms with Crippen LogP contribution < -0.4 is 10.6 Å². The summed E-state index contributed by atoms with van der Waals surface area (Å²) in [6, 6.07) is 2.16. The number of aliphatic hydroxyl groups is 1. The van der Waals surface area contributed by atoms with E-state index >= 15 is 0 Å². The van der Waals surface area contributed by atoms with E-state index in [0.717, 1.165) is 32.2 Å². The van der Waals surface area contributed by atoms with Crippen LogP contribution in [-0.2, 0) is 0 Å². The van der Waals surface area contributed by atoms with Gasteiger partial charge in [0.15, 0.2) is 0 Å². The molecule has 112 valence electrons. The number of nitrogens with zero attached hydrogens (tertiary/aromatic N) is 6. The first-order chi connectivity index (χ1) is 10.3. The standard InChI is InChI=1S/C13H19N7O/c14-11-16-12(18-13(17-11)20-8-3-6-15-20)19-7-1-4-10(19)5-2-9-21/h3,6,8,10,21H,1-2,4-5,7,9H2,(H2,14,16,17,18).